The molecule has 0 aliphatic carbocycles. The van der Waals surface area contributed by atoms with Crippen LogP contribution in [0.2, 0.25) is 30.1 Å². The van der Waals surface area contributed by atoms with Crippen molar-refractivity contribution in [3.63, 3.8) is 0 Å². The highest BCUT2D eigenvalue weighted by Gasteiger charge is 2.26. The number of hydrogen-bond donors (Lipinski definition) is 3. The molecule has 6 aromatic heterocycles. The number of nitrogens with zero attached hydrogens (tertiary/aromatic N) is 9. The summed E-state index contributed by atoms with van der Waals surface area (Å²) in [5, 5.41) is 0.145. The van der Waals surface area contributed by atoms with Crippen LogP contribution in [0.3, 0.4) is 0 Å². The highest BCUT2D eigenvalue weighted by Crippen LogP contribution is 2.35. The molecule has 0 spiro atoms. The van der Waals surface area contributed by atoms with Gasteiger partial charge in [0.2, 0.25) is 17.5 Å². The maximum absolute atomic E-state index is 12.8. The Morgan fingerprint density at radius 1 is 0.402 bits per heavy atom. The fourth-order valence-corrected chi connectivity index (χ4v) is 11.9. The zero-order chi connectivity index (χ0) is 59.2. The molecule has 3 N–H and O–H groups in total. The third-order valence-corrected chi connectivity index (χ3v) is 17.5. The van der Waals surface area contributed by atoms with E-state index in [1.54, 1.807) is 70.0 Å². The van der Waals surface area contributed by atoms with Gasteiger partial charge >= 0.3 is 0 Å². The number of aryl methyl sites for hydroxylation is 4. The van der Waals surface area contributed by atoms with Crippen LogP contribution < -0.4 is 28.4 Å². The van der Waals surface area contributed by atoms with Gasteiger partial charge in [0, 0.05) is 36.5 Å². The van der Waals surface area contributed by atoms with Crippen molar-refractivity contribution in [3.05, 3.63) is 210 Å². The number of rotatable bonds is 18. The minimum atomic E-state index is -4.06. The van der Waals surface area contributed by atoms with Gasteiger partial charge in [-0.15, -0.1) is 0 Å². The number of nitrogens with one attached hydrogen (secondary N) is 3. The molecule has 0 aliphatic rings. The molecule has 0 saturated heterocycles. The highest BCUT2D eigenvalue weighted by atomic mass is 35.5. The summed E-state index contributed by atoms with van der Waals surface area (Å²) in [6.45, 7) is 7.49. The second kappa shape index (κ2) is 28.1. The van der Waals surface area contributed by atoms with Gasteiger partial charge in [0.25, 0.3) is 47.7 Å². The number of halogens is 6. The summed E-state index contributed by atoms with van der Waals surface area (Å²) in [5.74, 6) is -0.0395. The van der Waals surface area contributed by atoms with Gasteiger partial charge in [-0.05, 0) is 99.5 Å². The van der Waals surface area contributed by atoms with E-state index in [9.17, 15) is 25.3 Å². The molecule has 21 nitrogen and oxygen atoms in total. The van der Waals surface area contributed by atoms with Crippen LogP contribution in [-0.2, 0) is 49.9 Å². The molecule has 3 aromatic carbocycles. The lowest BCUT2D eigenvalue weighted by Crippen LogP contribution is -2.16. The van der Waals surface area contributed by atoms with Crippen LogP contribution in [0, 0.1) is 27.7 Å². The number of anilines is 3. The number of hydrogen-bond acceptors (Lipinski definition) is 18. The molecular weight excluding hydrogens is 1250 g/mol. The minimum Gasteiger partial charge on any atom is -0.470 e. The number of aromatic nitrogens is 9. The van der Waals surface area contributed by atoms with Gasteiger partial charge in [-0.25, -0.2) is 55.2 Å². The number of pyridine rings is 3. The van der Waals surface area contributed by atoms with Crippen molar-refractivity contribution in [1.82, 2.24) is 44.9 Å². The smallest absolute Gasteiger partial charge is 0.264 e. The largest absolute Gasteiger partial charge is 0.470 e. The second-order valence-electron chi connectivity index (χ2n) is 16.8. The Balaban J connectivity index is 0.000000177. The molecule has 0 atom stereocenters. The Morgan fingerprint density at radius 2 is 0.793 bits per heavy atom. The molecule has 0 aliphatic heterocycles. The summed E-state index contributed by atoms with van der Waals surface area (Å²) in [6.07, 6.45) is 12.5. The van der Waals surface area contributed by atoms with Gasteiger partial charge in [-0.3, -0.25) is 29.1 Å². The van der Waals surface area contributed by atoms with Gasteiger partial charge in [0.1, 0.15) is 34.5 Å². The molecule has 6 heterocycles. The van der Waals surface area contributed by atoms with E-state index < -0.39 is 30.1 Å². The molecule has 0 unspecified atom stereocenters. The number of benzene rings is 3. The van der Waals surface area contributed by atoms with Crippen molar-refractivity contribution in [2.75, 3.05) is 14.2 Å². The van der Waals surface area contributed by atoms with Crippen molar-refractivity contribution in [3.8, 4) is 17.6 Å². The quantitative estimate of drug-likeness (QED) is 0.0719. The summed E-state index contributed by atoms with van der Waals surface area (Å²) in [5.41, 5.74) is 5.00. The van der Waals surface area contributed by atoms with Crippen molar-refractivity contribution in [2.24, 2.45) is 0 Å². The van der Waals surface area contributed by atoms with E-state index in [0.29, 0.717) is 22.8 Å². The van der Waals surface area contributed by atoms with Gasteiger partial charge in [0.05, 0.1) is 71.5 Å². The van der Waals surface area contributed by atoms with E-state index in [0.717, 1.165) is 16.7 Å². The summed E-state index contributed by atoms with van der Waals surface area (Å²) in [4.78, 5) is 36.6. The van der Waals surface area contributed by atoms with Crippen molar-refractivity contribution >= 4 is 117 Å². The SMILES string of the molecule is Cc1cnc(NS(=O)(=O)c2cccc(Cl)c2Cl)c(OCc2cccnc2)n1.Cc1cnc(NS(=O)(=O)c2cccc(Cl)c2Cl)c(OCc2ccncc2)n1.Cc1cnc(NS(=O)(=O)c2cccc(Cl)c2Cl)c(OCc2ncccc2C)n1. The van der Waals surface area contributed by atoms with Crippen LogP contribution in [0.5, 0.6) is 17.6 Å². The molecule has 0 saturated carbocycles. The second-order valence-corrected chi connectivity index (χ2v) is 24.1. The third kappa shape index (κ3) is 16.9. The molecular formula is C52H44Cl6N12O9S3. The molecule has 426 valence electrons. The number of sulfonamides is 3. The predicted molar refractivity (Wildman–Crippen MR) is 313 cm³/mol. The lowest BCUT2D eigenvalue weighted by molar-refractivity contribution is 0.288. The fraction of sp³-hybridized carbons (Fsp3) is 0.135. The van der Waals surface area contributed by atoms with E-state index in [2.05, 4.69) is 59.0 Å². The van der Waals surface area contributed by atoms with Crippen LogP contribution in [0.25, 0.3) is 0 Å². The van der Waals surface area contributed by atoms with Crippen molar-refractivity contribution < 1.29 is 39.5 Å². The van der Waals surface area contributed by atoms with Crippen LogP contribution in [0.1, 0.15) is 39.5 Å². The molecule has 9 rings (SSSR count). The van der Waals surface area contributed by atoms with E-state index in [-0.39, 0.29) is 99.7 Å². The van der Waals surface area contributed by atoms with Gasteiger partial charge in [-0.2, -0.15) is 0 Å². The Bertz CT molecular complexity index is 3910. The molecule has 0 radical (unpaired) electrons. The predicted octanol–water partition coefficient (Wildman–Crippen LogP) is 11.9. The van der Waals surface area contributed by atoms with Gasteiger partial charge in [0.15, 0.2) is 0 Å². The lowest BCUT2D eigenvalue weighted by Gasteiger charge is -2.13. The fourth-order valence-electron chi connectivity index (χ4n) is 6.57. The monoisotopic (exact) mass is 1290 g/mol. The van der Waals surface area contributed by atoms with Gasteiger partial charge < -0.3 is 14.2 Å². The van der Waals surface area contributed by atoms with Crippen molar-refractivity contribution in [1.29, 1.82) is 0 Å². The molecule has 0 bridgehead atoms. The summed E-state index contributed by atoms with van der Waals surface area (Å²) >= 11 is 35.8. The molecule has 0 amide bonds. The first-order chi connectivity index (χ1) is 39.0. The lowest BCUT2D eigenvalue weighted by atomic mass is 10.2. The van der Waals surface area contributed by atoms with E-state index in [4.69, 9.17) is 83.8 Å². The summed E-state index contributed by atoms with van der Waals surface area (Å²) < 4.78 is 100. The number of ether oxygens (including phenoxy) is 3. The van der Waals surface area contributed by atoms with Crippen LogP contribution >= 0.6 is 69.6 Å². The topological polar surface area (TPSA) is 282 Å². The standard InChI is InChI=1S/C18H16Cl2N4O3S.2C17H14Cl2N4O3S/c1-11-5-4-8-21-14(11)10-27-18-17(22-9-12(2)23-18)24-28(25,26)15-7-3-6-13(19)16(15)20;1-11-8-21-16(17(22-11)26-10-12-4-3-7-20-9-12)23-27(24,25)14-6-2-5-13(18)15(14)19;1-11-9-21-16(17(22-11)26-10-12-5-7-20-8-6-12)23-27(24,25)14-4-2-3-13(18)15(14)19/h3-9H,10H2,1-2H3,(H,22,24);2*2-9H,10H2,1H3,(H,21,23). The third-order valence-electron chi connectivity index (χ3n) is 10.6. The summed E-state index contributed by atoms with van der Waals surface area (Å²) in [7, 11) is -12.1. The highest BCUT2D eigenvalue weighted by molar-refractivity contribution is 7.93. The first kappa shape index (κ1) is 62.3. The Hall–Kier alpha value is -7.26. The van der Waals surface area contributed by atoms with Crippen LogP contribution in [0.4, 0.5) is 17.5 Å². The van der Waals surface area contributed by atoms with Gasteiger partial charge in [-0.1, -0.05) is 99.9 Å². The van der Waals surface area contributed by atoms with E-state index in [1.165, 1.54) is 73.2 Å². The average molecular weight is 1290 g/mol. The molecule has 9 aromatic rings. The maximum Gasteiger partial charge on any atom is 0.264 e. The zero-order valence-electron chi connectivity index (χ0n) is 43.1. The van der Waals surface area contributed by atoms with Crippen LogP contribution in [0.15, 0.2) is 155 Å². The normalized spacial score (nSPS) is 11.2. The van der Waals surface area contributed by atoms with Crippen LogP contribution in [-0.4, -0.2) is 70.1 Å². The van der Waals surface area contributed by atoms with E-state index in [1.807, 2.05) is 25.1 Å². The molecule has 0 fully saturated rings. The van der Waals surface area contributed by atoms with E-state index >= 15 is 0 Å². The Morgan fingerprint density at radius 3 is 1.18 bits per heavy atom. The van der Waals surface area contributed by atoms with Crippen molar-refractivity contribution in [2.45, 2.75) is 62.2 Å². The average Bonchev–Trinajstić information content (AvgIpc) is 3.55. The summed E-state index contributed by atoms with van der Waals surface area (Å²) in [6, 6.07) is 23.9. The first-order valence-electron chi connectivity index (χ1n) is 23.5. The minimum absolute atomic E-state index is 0.0341. The Kier molecular flexibility index (Phi) is 21.4. The maximum atomic E-state index is 12.8. The molecule has 82 heavy (non-hydrogen) atoms. The Labute approximate surface area is 502 Å². The zero-order valence-corrected chi connectivity index (χ0v) is 50.1. The first-order valence-corrected chi connectivity index (χ1v) is 30.2. The molecule has 30 heteroatoms.